The molecule has 1 aromatic carbocycles. The van der Waals surface area contributed by atoms with Crippen LogP contribution < -0.4 is 5.32 Å². The molecule has 1 amide bonds. The molecule has 2 rings (SSSR count). The normalized spacial score (nSPS) is 18.3. The zero-order valence-electron chi connectivity index (χ0n) is 13.5. The number of nitrogens with zero attached hydrogens (tertiary/aromatic N) is 2. The van der Waals surface area contributed by atoms with Gasteiger partial charge in [0.15, 0.2) is 0 Å². The molecule has 1 N–H and O–H groups in total. The molecule has 0 saturated carbocycles. The molecule has 1 fully saturated rings. The summed E-state index contributed by atoms with van der Waals surface area (Å²) in [6.45, 7) is 2.27. The van der Waals surface area contributed by atoms with Gasteiger partial charge in [-0.25, -0.2) is 0 Å². The zero-order chi connectivity index (χ0) is 18.6. The number of halogens is 3. The highest BCUT2D eigenvalue weighted by Gasteiger charge is 2.33. The third-order valence-electron chi connectivity index (χ3n) is 3.99. The van der Waals surface area contributed by atoms with Gasteiger partial charge in [0, 0.05) is 51.0 Å². The number of nitrogens with one attached hydrogen (secondary N) is 1. The summed E-state index contributed by atoms with van der Waals surface area (Å²) >= 11 is 0. The SMILES string of the molecule is CO[C@@H]1CCN(CCNC(=O)c2cc([N+](=O)[O-])cc(C(F)(F)F)c2)C1. The number of amides is 1. The molecule has 0 radical (unpaired) electrons. The maximum Gasteiger partial charge on any atom is 0.416 e. The van der Waals surface area contributed by atoms with Crippen LogP contribution in [-0.4, -0.2) is 55.1 Å². The molecular weight excluding hydrogens is 343 g/mol. The topological polar surface area (TPSA) is 84.7 Å². The molecule has 1 heterocycles. The Balaban J connectivity index is 2.01. The first-order valence-corrected chi connectivity index (χ1v) is 7.60. The maximum atomic E-state index is 12.8. The lowest BCUT2D eigenvalue weighted by Crippen LogP contribution is -2.34. The van der Waals surface area contributed by atoms with Crippen LogP contribution in [0.4, 0.5) is 18.9 Å². The average Bonchev–Trinajstić information content (AvgIpc) is 3.01. The van der Waals surface area contributed by atoms with Gasteiger partial charge in [0.2, 0.25) is 0 Å². The number of hydrogen-bond acceptors (Lipinski definition) is 5. The number of rotatable bonds is 6. The number of alkyl halides is 3. The lowest BCUT2D eigenvalue weighted by molar-refractivity contribution is -0.385. The van der Waals surface area contributed by atoms with Crippen LogP contribution in [0.3, 0.4) is 0 Å². The van der Waals surface area contributed by atoms with E-state index in [4.69, 9.17) is 4.74 Å². The quantitative estimate of drug-likeness (QED) is 0.619. The molecular formula is C15H18F3N3O4. The van der Waals surface area contributed by atoms with Crippen LogP contribution in [0.15, 0.2) is 18.2 Å². The minimum atomic E-state index is -4.77. The molecule has 10 heteroatoms. The van der Waals surface area contributed by atoms with Gasteiger partial charge >= 0.3 is 6.18 Å². The van der Waals surface area contributed by atoms with Gasteiger partial charge in [0.1, 0.15) is 0 Å². The number of methoxy groups -OCH3 is 1. The van der Waals surface area contributed by atoms with E-state index in [1.807, 2.05) is 0 Å². The molecule has 0 unspecified atom stereocenters. The number of nitro groups is 1. The van der Waals surface area contributed by atoms with Gasteiger partial charge in [0.25, 0.3) is 11.6 Å². The van der Waals surface area contributed by atoms with Crippen LogP contribution in [0, 0.1) is 10.1 Å². The van der Waals surface area contributed by atoms with E-state index in [1.165, 1.54) is 0 Å². The highest BCUT2D eigenvalue weighted by atomic mass is 19.4. The Bertz CT molecular complexity index is 651. The summed E-state index contributed by atoms with van der Waals surface area (Å²) in [6.07, 6.45) is -3.75. The van der Waals surface area contributed by atoms with Crippen LogP contribution in [-0.2, 0) is 10.9 Å². The van der Waals surface area contributed by atoms with Gasteiger partial charge in [-0.05, 0) is 12.5 Å². The summed E-state index contributed by atoms with van der Waals surface area (Å²) in [5.41, 5.74) is -2.39. The Labute approximate surface area is 141 Å². The third kappa shape index (κ3) is 5.13. The van der Waals surface area contributed by atoms with Crippen molar-refractivity contribution in [2.45, 2.75) is 18.7 Å². The van der Waals surface area contributed by atoms with E-state index < -0.39 is 33.8 Å². The highest BCUT2D eigenvalue weighted by molar-refractivity contribution is 5.95. The smallest absolute Gasteiger partial charge is 0.380 e. The molecule has 0 aromatic heterocycles. The highest BCUT2D eigenvalue weighted by Crippen LogP contribution is 2.32. The summed E-state index contributed by atoms with van der Waals surface area (Å²) in [7, 11) is 1.62. The average molecular weight is 361 g/mol. The fourth-order valence-corrected chi connectivity index (χ4v) is 2.63. The van der Waals surface area contributed by atoms with Crippen molar-refractivity contribution >= 4 is 11.6 Å². The fraction of sp³-hybridized carbons (Fsp3) is 0.533. The maximum absolute atomic E-state index is 12.8. The number of ether oxygens (including phenoxy) is 1. The molecule has 1 aromatic rings. The standard InChI is InChI=1S/C15H18F3N3O4/c1-25-13-2-4-20(9-13)5-3-19-14(22)10-6-11(15(16,17)18)8-12(7-10)21(23)24/h6-8,13H,2-5,9H2,1H3,(H,19,22)/t13-/m1/s1. The van der Waals surface area contributed by atoms with Crippen molar-refractivity contribution in [2.24, 2.45) is 0 Å². The molecule has 1 atom stereocenters. The first-order valence-electron chi connectivity index (χ1n) is 7.60. The van der Waals surface area contributed by atoms with E-state index in [-0.39, 0.29) is 12.6 Å². The van der Waals surface area contributed by atoms with Gasteiger partial charge in [-0.15, -0.1) is 0 Å². The van der Waals surface area contributed by atoms with Crippen molar-refractivity contribution in [2.75, 3.05) is 33.3 Å². The van der Waals surface area contributed by atoms with E-state index in [2.05, 4.69) is 10.2 Å². The van der Waals surface area contributed by atoms with Crippen molar-refractivity contribution in [1.82, 2.24) is 10.2 Å². The number of carbonyl (C=O) groups excluding carboxylic acids is 1. The molecule has 0 bridgehead atoms. The van der Waals surface area contributed by atoms with Crippen molar-refractivity contribution in [1.29, 1.82) is 0 Å². The van der Waals surface area contributed by atoms with Crippen LogP contribution in [0.25, 0.3) is 0 Å². The third-order valence-corrected chi connectivity index (χ3v) is 3.99. The Morgan fingerprint density at radius 2 is 2.16 bits per heavy atom. The molecule has 7 nitrogen and oxygen atoms in total. The number of benzene rings is 1. The van der Waals surface area contributed by atoms with Crippen LogP contribution >= 0.6 is 0 Å². The largest absolute Gasteiger partial charge is 0.416 e. The van der Waals surface area contributed by atoms with Gasteiger partial charge in [-0.2, -0.15) is 13.2 Å². The number of non-ortho nitro benzene ring substituents is 1. The molecule has 1 aliphatic heterocycles. The lowest BCUT2D eigenvalue weighted by Gasteiger charge is -2.16. The van der Waals surface area contributed by atoms with Crippen molar-refractivity contribution in [3.05, 3.63) is 39.4 Å². The van der Waals surface area contributed by atoms with E-state index in [0.717, 1.165) is 25.6 Å². The van der Waals surface area contributed by atoms with Crippen molar-refractivity contribution in [3.63, 3.8) is 0 Å². The first kappa shape index (κ1) is 19.1. The summed E-state index contributed by atoms with van der Waals surface area (Å²) < 4.78 is 43.7. The molecule has 0 spiro atoms. The lowest BCUT2D eigenvalue weighted by atomic mass is 10.1. The zero-order valence-corrected chi connectivity index (χ0v) is 13.5. The number of nitro benzene ring substituents is 1. The molecule has 25 heavy (non-hydrogen) atoms. The van der Waals surface area contributed by atoms with Gasteiger partial charge in [-0.3, -0.25) is 19.8 Å². The van der Waals surface area contributed by atoms with E-state index >= 15 is 0 Å². The second-order valence-corrected chi connectivity index (χ2v) is 5.73. The second kappa shape index (κ2) is 7.79. The number of likely N-dealkylation sites (tertiary alicyclic amines) is 1. The van der Waals surface area contributed by atoms with Gasteiger partial charge in [-0.1, -0.05) is 0 Å². The summed E-state index contributed by atoms with van der Waals surface area (Å²) in [5.74, 6) is -0.781. The minimum Gasteiger partial charge on any atom is -0.380 e. The first-order chi connectivity index (χ1) is 11.7. The van der Waals surface area contributed by atoms with Crippen LogP contribution in [0.1, 0.15) is 22.3 Å². The molecule has 0 aliphatic carbocycles. The molecule has 1 saturated heterocycles. The molecule has 1 aliphatic rings. The summed E-state index contributed by atoms with van der Waals surface area (Å²) in [6, 6.07) is 1.85. The van der Waals surface area contributed by atoms with E-state index in [9.17, 15) is 28.1 Å². The van der Waals surface area contributed by atoms with Gasteiger partial charge in [0.05, 0.1) is 16.6 Å². The Morgan fingerprint density at radius 3 is 2.72 bits per heavy atom. The predicted octanol–water partition coefficient (Wildman–Crippen LogP) is 2.06. The fourth-order valence-electron chi connectivity index (χ4n) is 2.63. The number of hydrogen-bond donors (Lipinski definition) is 1. The Morgan fingerprint density at radius 1 is 1.44 bits per heavy atom. The van der Waals surface area contributed by atoms with E-state index in [1.54, 1.807) is 7.11 Å². The monoisotopic (exact) mass is 361 g/mol. The molecule has 138 valence electrons. The Hall–Kier alpha value is -2.20. The van der Waals surface area contributed by atoms with Crippen LogP contribution in [0.5, 0.6) is 0 Å². The Kier molecular flexibility index (Phi) is 5.96. The number of carbonyl (C=O) groups is 1. The van der Waals surface area contributed by atoms with Crippen LogP contribution in [0.2, 0.25) is 0 Å². The van der Waals surface area contributed by atoms with Crippen molar-refractivity contribution < 1.29 is 27.6 Å². The predicted molar refractivity (Wildman–Crippen MR) is 82.3 cm³/mol. The van der Waals surface area contributed by atoms with Crippen molar-refractivity contribution in [3.8, 4) is 0 Å². The van der Waals surface area contributed by atoms with Gasteiger partial charge < -0.3 is 10.1 Å². The minimum absolute atomic E-state index is 0.141. The summed E-state index contributed by atoms with van der Waals surface area (Å²) in [4.78, 5) is 23.9. The second-order valence-electron chi connectivity index (χ2n) is 5.73. The summed E-state index contributed by atoms with van der Waals surface area (Å²) in [5, 5.41) is 13.3. The van der Waals surface area contributed by atoms with E-state index in [0.29, 0.717) is 18.7 Å².